The number of hydrogen-bond donors (Lipinski definition) is 1. The fourth-order valence-electron chi connectivity index (χ4n) is 1.23. The second-order valence-corrected chi connectivity index (χ2v) is 3.72. The molecule has 0 unspecified atom stereocenters. The van der Waals surface area contributed by atoms with Crippen LogP contribution in [0, 0.1) is 0 Å². The van der Waals surface area contributed by atoms with Gasteiger partial charge >= 0.3 is 0 Å². The molecule has 0 aliphatic heterocycles. The lowest BCUT2D eigenvalue weighted by Gasteiger charge is -2.00. The Morgan fingerprint density at radius 1 is 1.62 bits per heavy atom. The number of hydrogen-bond acceptors (Lipinski definition) is 3. The first-order chi connectivity index (χ1) is 6.33. The molecule has 0 bridgehead atoms. The molecule has 0 saturated heterocycles. The summed E-state index contributed by atoms with van der Waals surface area (Å²) in [7, 11) is 1.91. The molecule has 0 atom stereocenters. The zero-order valence-electron chi connectivity index (χ0n) is 7.27. The number of nitrogens with zero attached hydrogens (tertiary/aromatic N) is 2. The SMILES string of the molecule is Cn1c(CO)cnc1-c1cccs1. The third-order valence-electron chi connectivity index (χ3n) is 1.99. The van der Waals surface area contributed by atoms with Crippen molar-refractivity contribution in [1.29, 1.82) is 0 Å². The van der Waals surface area contributed by atoms with E-state index in [0.717, 1.165) is 16.4 Å². The van der Waals surface area contributed by atoms with E-state index < -0.39 is 0 Å². The maximum absolute atomic E-state index is 8.97. The van der Waals surface area contributed by atoms with Gasteiger partial charge in [0.2, 0.25) is 0 Å². The lowest BCUT2D eigenvalue weighted by Crippen LogP contribution is -1.97. The molecule has 0 aliphatic carbocycles. The number of thiophene rings is 1. The number of aliphatic hydroxyl groups excluding tert-OH is 1. The van der Waals surface area contributed by atoms with Crippen molar-refractivity contribution in [2.75, 3.05) is 0 Å². The van der Waals surface area contributed by atoms with Crippen molar-refractivity contribution >= 4 is 11.3 Å². The van der Waals surface area contributed by atoms with Crippen molar-refractivity contribution < 1.29 is 5.11 Å². The van der Waals surface area contributed by atoms with Crippen molar-refractivity contribution in [1.82, 2.24) is 9.55 Å². The Morgan fingerprint density at radius 3 is 3.00 bits per heavy atom. The monoisotopic (exact) mass is 194 g/mol. The quantitative estimate of drug-likeness (QED) is 0.789. The summed E-state index contributed by atoms with van der Waals surface area (Å²) in [6.07, 6.45) is 1.70. The topological polar surface area (TPSA) is 38.0 Å². The van der Waals surface area contributed by atoms with E-state index in [1.54, 1.807) is 17.5 Å². The Bertz CT molecular complexity index is 392. The Labute approximate surface area is 80.3 Å². The van der Waals surface area contributed by atoms with Crippen molar-refractivity contribution in [3.05, 3.63) is 29.4 Å². The summed E-state index contributed by atoms with van der Waals surface area (Å²) in [6.45, 7) is 0.0366. The van der Waals surface area contributed by atoms with E-state index in [0.29, 0.717) is 0 Å². The third kappa shape index (κ3) is 1.38. The predicted molar refractivity (Wildman–Crippen MR) is 52.4 cm³/mol. The van der Waals surface area contributed by atoms with Gasteiger partial charge in [-0.2, -0.15) is 0 Å². The van der Waals surface area contributed by atoms with Crippen molar-refractivity contribution in [3.63, 3.8) is 0 Å². The first kappa shape index (κ1) is 8.47. The average Bonchev–Trinajstić information content (AvgIpc) is 2.72. The minimum Gasteiger partial charge on any atom is -0.390 e. The summed E-state index contributed by atoms with van der Waals surface area (Å²) >= 11 is 1.65. The molecule has 0 spiro atoms. The smallest absolute Gasteiger partial charge is 0.150 e. The highest BCUT2D eigenvalue weighted by atomic mass is 32.1. The Morgan fingerprint density at radius 2 is 2.46 bits per heavy atom. The van der Waals surface area contributed by atoms with Crippen LogP contribution in [0.5, 0.6) is 0 Å². The molecule has 3 nitrogen and oxygen atoms in total. The molecule has 1 N–H and O–H groups in total. The first-order valence-corrected chi connectivity index (χ1v) is 4.86. The zero-order chi connectivity index (χ0) is 9.26. The van der Waals surface area contributed by atoms with Crippen LogP contribution in [-0.4, -0.2) is 14.7 Å². The largest absolute Gasteiger partial charge is 0.390 e. The molecule has 0 amide bonds. The molecular formula is C9H10N2OS. The van der Waals surface area contributed by atoms with Crippen molar-refractivity contribution in [2.24, 2.45) is 7.05 Å². The van der Waals surface area contributed by atoms with Crippen LogP contribution in [0.3, 0.4) is 0 Å². The average molecular weight is 194 g/mol. The number of aliphatic hydroxyl groups is 1. The van der Waals surface area contributed by atoms with Crippen LogP contribution in [-0.2, 0) is 13.7 Å². The number of imidazole rings is 1. The summed E-state index contributed by atoms with van der Waals surface area (Å²) < 4.78 is 1.91. The summed E-state index contributed by atoms with van der Waals surface area (Å²) in [5, 5.41) is 11.0. The summed E-state index contributed by atoms with van der Waals surface area (Å²) in [4.78, 5) is 5.37. The van der Waals surface area contributed by atoms with Gasteiger partial charge in [0.1, 0.15) is 5.82 Å². The van der Waals surface area contributed by atoms with Gasteiger partial charge in [-0.15, -0.1) is 11.3 Å². The standard InChI is InChI=1S/C9H10N2OS/c1-11-7(6-12)5-10-9(11)8-3-2-4-13-8/h2-5,12H,6H2,1H3. The second-order valence-electron chi connectivity index (χ2n) is 2.77. The van der Waals surface area contributed by atoms with Gasteiger partial charge in [0, 0.05) is 7.05 Å². The van der Waals surface area contributed by atoms with Crippen LogP contribution in [0.25, 0.3) is 10.7 Å². The van der Waals surface area contributed by atoms with E-state index in [4.69, 9.17) is 5.11 Å². The molecule has 0 radical (unpaired) electrons. The molecule has 2 rings (SSSR count). The number of aromatic nitrogens is 2. The highest BCUT2D eigenvalue weighted by molar-refractivity contribution is 7.13. The van der Waals surface area contributed by atoms with Gasteiger partial charge in [-0.3, -0.25) is 0 Å². The fourth-order valence-corrected chi connectivity index (χ4v) is 1.98. The summed E-state index contributed by atoms with van der Waals surface area (Å²) in [6, 6.07) is 4.02. The Kier molecular flexibility index (Phi) is 2.16. The Hall–Kier alpha value is -1.13. The minimum atomic E-state index is 0.0366. The van der Waals surface area contributed by atoms with Gasteiger partial charge in [-0.25, -0.2) is 4.98 Å². The maximum atomic E-state index is 8.97. The van der Waals surface area contributed by atoms with Crippen LogP contribution in [0.2, 0.25) is 0 Å². The molecule has 13 heavy (non-hydrogen) atoms. The van der Waals surface area contributed by atoms with Crippen molar-refractivity contribution in [2.45, 2.75) is 6.61 Å². The fraction of sp³-hybridized carbons (Fsp3) is 0.222. The summed E-state index contributed by atoms with van der Waals surface area (Å²) in [5.74, 6) is 0.916. The van der Waals surface area contributed by atoms with Crippen LogP contribution in [0.4, 0.5) is 0 Å². The van der Waals surface area contributed by atoms with Crippen molar-refractivity contribution in [3.8, 4) is 10.7 Å². The molecule has 0 aliphatic rings. The molecule has 2 aromatic rings. The second kappa shape index (κ2) is 3.32. The van der Waals surface area contributed by atoms with E-state index >= 15 is 0 Å². The Balaban J connectivity index is 2.48. The molecule has 0 aromatic carbocycles. The van der Waals surface area contributed by atoms with Gasteiger partial charge in [0.25, 0.3) is 0 Å². The predicted octanol–water partition coefficient (Wildman–Crippen LogP) is 1.64. The van der Waals surface area contributed by atoms with Crippen LogP contribution in [0.1, 0.15) is 5.69 Å². The first-order valence-electron chi connectivity index (χ1n) is 3.98. The van der Waals surface area contributed by atoms with E-state index in [2.05, 4.69) is 4.98 Å². The highest BCUT2D eigenvalue weighted by Gasteiger charge is 2.07. The van der Waals surface area contributed by atoms with Gasteiger partial charge in [0.05, 0.1) is 23.4 Å². The molecule has 4 heteroatoms. The minimum absolute atomic E-state index is 0.0366. The molecule has 68 valence electrons. The molecule has 2 heterocycles. The van der Waals surface area contributed by atoms with E-state index in [9.17, 15) is 0 Å². The normalized spacial score (nSPS) is 10.6. The molecule has 0 saturated carbocycles. The lowest BCUT2D eigenvalue weighted by atomic mass is 10.4. The maximum Gasteiger partial charge on any atom is 0.150 e. The van der Waals surface area contributed by atoms with Gasteiger partial charge in [0.15, 0.2) is 0 Å². The van der Waals surface area contributed by atoms with E-state index in [-0.39, 0.29) is 6.61 Å². The van der Waals surface area contributed by atoms with Gasteiger partial charge in [-0.05, 0) is 11.4 Å². The molecular weight excluding hydrogens is 184 g/mol. The van der Waals surface area contributed by atoms with Gasteiger partial charge in [-0.1, -0.05) is 6.07 Å². The lowest BCUT2D eigenvalue weighted by molar-refractivity contribution is 0.273. The number of rotatable bonds is 2. The highest BCUT2D eigenvalue weighted by Crippen LogP contribution is 2.23. The van der Waals surface area contributed by atoms with E-state index in [1.807, 2.05) is 29.1 Å². The van der Waals surface area contributed by atoms with Crippen LogP contribution < -0.4 is 0 Å². The van der Waals surface area contributed by atoms with Crippen LogP contribution in [0.15, 0.2) is 23.7 Å². The molecule has 2 aromatic heterocycles. The van der Waals surface area contributed by atoms with Gasteiger partial charge < -0.3 is 9.67 Å². The van der Waals surface area contributed by atoms with Crippen LogP contribution >= 0.6 is 11.3 Å². The molecule has 0 fully saturated rings. The third-order valence-corrected chi connectivity index (χ3v) is 2.85. The van der Waals surface area contributed by atoms with E-state index in [1.165, 1.54) is 0 Å². The summed E-state index contributed by atoms with van der Waals surface area (Å²) in [5.41, 5.74) is 0.836. The zero-order valence-corrected chi connectivity index (χ0v) is 8.08.